The van der Waals surface area contributed by atoms with Crippen LogP contribution in [-0.4, -0.2) is 24.6 Å². The molecule has 1 unspecified atom stereocenters. The minimum Gasteiger partial charge on any atom is -0.348 e. The van der Waals surface area contributed by atoms with Crippen LogP contribution in [0, 0.1) is 0 Å². The van der Waals surface area contributed by atoms with Gasteiger partial charge in [0.05, 0.1) is 5.69 Å². The highest BCUT2D eigenvalue weighted by Gasteiger charge is 2.26. The van der Waals surface area contributed by atoms with Gasteiger partial charge in [-0.15, -0.1) is 0 Å². The fourth-order valence-corrected chi connectivity index (χ4v) is 4.41. The Kier molecular flexibility index (Phi) is 4.38. The van der Waals surface area contributed by atoms with Crippen LogP contribution in [-0.2, 0) is 6.42 Å². The maximum atomic E-state index is 4.94. The van der Waals surface area contributed by atoms with E-state index in [-0.39, 0.29) is 0 Å². The number of hydrogen-bond acceptors (Lipinski definition) is 4. The molecule has 1 aromatic rings. The molecule has 1 fully saturated rings. The Hall–Kier alpha value is -0.610. The van der Waals surface area contributed by atoms with Crippen LogP contribution >= 0.6 is 11.3 Å². The minimum absolute atomic E-state index is 0.569. The van der Waals surface area contributed by atoms with Crippen LogP contribution in [0.3, 0.4) is 0 Å². The maximum absolute atomic E-state index is 4.94. The summed E-state index contributed by atoms with van der Waals surface area (Å²) in [5.74, 6) is 0. The summed E-state index contributed by atoms with van der Waals surface area (Å²) >= 11 is 1.95. The summed E-state index contributed by atoms with van der Waals surface area (Å²) in [6.07, 6.45) is 9.03. The Morgan fingerprint density at radius 2 is 2.11 bits per heavy atom. The van der Waals surface area contributed by atoms with Crippen molar-refractivity contribution in [1.82, 2.24) is 10.3 Å². The standard InChI is InChI=1S/C15H25N3S/c1-2-9-16-12-7-6-8-13-14(12)19-15(17-13)18-10-4-3-5-11-18/h12,16H,2-11H2,1H3. The van der Waals surface area contributed by atoms with Gasteiger partial charge in [-0.05, 0) is 51.5 Å². The Labute approximate surface area is 120 Å². The lowest BCUT2D eigenvalue weighted by Crippen LogP contribution is -2.29. The molecule has 2 aliphatic rings. The topological polar surface area (TPSA) is 28.2 Å². The Bertz CT molecular complexity index is 410. The molecule has 1 aliphatic heterocycles. The lowest BCUT2D eigenvalue weighted by atomic mass is 9.98. The smallest absolute Gasteiger partial charge is 0.185 e. The normalized spacial score (nSPS) is 23.4. The summed E-state index contributed by atoms with van der Waals surface area (Å²) < 4.78 is 0. The molecule has 0 radical (unpaired) electrons. The number of aryl methyl sites for hydroxylation is 1. The number of thiazole rings is 1. The van der Waals surface area contributed by atoms with Gasteiger partial charge < -0.3 is 10.2 Å². The number of piperidine rings is 1. The van der Waals surface area contributed by atoms with Gasteiger partial charge >= 0.3 is 0 Å². The zero-order valence-corrected chi connectivity index (χ0v) is 12.8. The number of nitrogens with one attached hydrogen (secondary N) is 1. The quantitative estimate of drug-likeness (QED) is 0.914. The molecule has 1 saturated heterocycles. The van der Waals surface area contributed by atoms with Crippen LogP contribution in [0.2, 0.25) is 0 Å². The van der Waals surface area contributed by atoms with Crippen molar-refractivity contribution in [2.45, 2.75) is 57.9 Å². The van der Waals surface area contributed by atoms with Crippen molar-refractivity contribution in [3.8, 4) is 0 Å². The second-order valence-corrected chi connectivity index (χ2v) is 6.76. The van der Waals surface area contributed by atoms with E-state index in [9.17, 15) is 0 Å². The molecule has 4 heteroatoms. The minimum atomic E-state index is 0.569. The van der Waals surface area contributed by atoms with Gasteiger partial charge in [-0.2, -0.15) is 0 Å². The van der Waals surface area contributed by atoms with E-state index in [0.717, 1.165) is 6.54 Å². The molecule has 0 spiro atoms. The van der Waals surface area contributed by atoms with Gasteiger partial charge in [0.2, 0.25) is 0 Å². The van der Waals surface area contributed by atoms with Crippen LogP contribution < -0.4 is 10.2 Å². The highest BCUT2D eigenvalue weighted by atomic mass is 32.1. The van der Waals surface area contributed by atoms with E-state index in [1.807, 2.05) is 11.3 Å². The molecule has 106 valence electrons. The largest absolute Gasteiger partial charge is 0.348 e. The molecule has 2 heterocycles. The molecule has 3 nitrogen and oxygen atoms in total. The molecule has 1 atom stereocenters. The van der Waals surface area contributed by atoms with Gasteiger partial charge in [0.1, 0.15) is 0 Å². The Balaban J connectivity index is 1.76. The van der Waals surface area contributed by atoms with Gasteiger partial charge in [0, 0.05) is 24.0 Å². The highest BCUT2D eigenvalue weighted by molar-refractivity contribution is 7.15. The van der Waals surface area contributed by atoms with Gasteiger partial charge in [-0.1, -0.05) is 18.3 Å². The molecule has 0 saturated carbocycles. The number of nitrogens with zero attached hydrogens (tertiary/aromatic N) is 2. The van der Waals surface area contributed by atoms with E-state index in [2.05, 4.69) is 17.1 Å². The zero-order valence-electron chi connectivity index (χ0n) is 12.0. The highest BCUT2D eigenvalue weighted by Crippen LogP contribution is 2.38. The SMILES string of the molecule is CCCNC1CCCc2nc(N3CCCCC3)sc21. The van der Waals surface area contributed by atoms with Crippen LogP contribution in [0.4, 0.5) is 5.13 Å². The average molecular weight is 279 g/mol. The molecule has 0 aromatic carbocycles. The van der Waals surface area contributed by atoms with Gasteiger partial charge in [-0.3, -0.25) is 0 Å². The molecule has 1 aromatic heterocycles. The number of fused-ring (bicyclic) bond motifs is 1. The van der Waals surface area contributed by atoms with Crippen molar-refractivity contribution in [3.05, 3.63) is 10.6 Å². The lowest BCUT2D eigenvalue weighted by molar-refractivity contribution is 0.464. The van der Waals surface area contributed by atoms with Crippen molar-refractivity contribution in [2.75, 3.05) is 24.5 Å². The third-order valence-electron chi connectivity index (χ3n) is 4.21. The van der Waals surface area contributed by atoms with E-state index >= 15 is 0 Å². The van der Waals surface area contributed by atoms with E-state index in [1.165, 1.54) is 73.7 Å². The average Bonchev–Trinajstić information content (AvgIpc) is 2.90. The first-order valence-electron chi connectivity index (χ1n) is 7.86. The van der Waals surface area contributed by atoms with Crippen molar-refractivity contribution in [1.29, 1.82) is 0 Å². The van der Waals surface area contributed by atoms with Crippen LogP contribution in [0.5, 0.6) is 0 Å². The van der Waals surface area contributed by atoms with Gasteiger partial charge in [-0.25, -0.2) is 4.98 Å². The summed E-state index contributed by atoms with van der Waals surface area (Å²) in [5, 5.41) is 4.98. The van der Waals surface area contributed by atoms with Crippen LogP contribution in [0.1, 0.15) is 62.1 Å². The first-order chi connectivity index (χ1) is 9.38. The van der Waals surface area contributed by atoms with Gasteiger partial charge in [0.15, 0.2) is 5.13 Å². The third kappa shape index (κ3) is 2.95. The zero-order chi connectivity index (χ0) is 13.1. The summed E-state index contributed by atoms with van der Waals surface area (Å²) in [5.41, 5.74) is 1.38. The fraction of sp³-hybridized carbons (Fsp3) is 0.800. The van der Waals surface area contributed by atoms with E-state index in [1.54, 1.807) is 0 Å². The first-order valence-corrected chi connectivity index (χ1v) is 8.68. The predicted octanol–water partition coefficient (Wildman–Crippen LogP) is 3.51. The van der Waals surface area contributed by atoms with E-state index in [4.69, 9.17) is 4.98 Å². The summed E-state index contributed by atoms with van der Waals surface area (Å²) in [6, 6.07) is 0.569. The Morgan fingerprint density at radius 1 is 1.26 bits per heavy atom. The van der Waals surface area contributed by atoms with Crippen LogP contribution in [0.25, 0.3) is 0 Å². The summed E-state index contributed by atoms with van der Waals surface area (Å²) in [4.78, 5) is 8.97. The molecule has 0 amide bonds. The van der Waals surface area contributed by atoms with E-state index in [0.29, 0.717) is 6.04 Å². The first kappa shape index (κ1) is 13.4. The van der Waals surface area contributed by atoms with Crippen molar-refractivity contribution in [3.63, 3.8) is 0 Å². The number of aromatic nitrogens is 1. The van der Waals surface area contributed by atoms with Crippen molar-refractivity contribution in [2.24, 2.45) is 0 Å². The molecule has 1 aliphatic carbocycles. The molecule has 19 heavy (non-hydrogen) atoms. The lowest BCUT2D eigenvalue weighted by Gasteiger charge is -2.25. The maximum Gasteiger partial charge on any atom is 0.185 e. The molecular formula is C15H25N3S. The van der Waals surface area contributed by atoms with Crippen LogP contribution in [0.15, 0.2) is 0 Å². The number of anilines is 1. The predicted molar refractivity (Wildman–Crippen MR) is 82.2 cm³/mol. The fourth-order valence-electron chi connectivity index (χ4n) is 3.14. The number of hydrogen-bond donors (Lipinski definition) is 1. The van der Waals surface area contributed by atoms with Crippen molar-refractivity contribution >= 4 is 16.5 Å². The molecule has 0 bridgehead atoms. The monoisotopic (exact) mass is 279 g/mol. The van der Waals surface area contributed by atoms with E-state index < -0.39 is 0 Å². The second-order valence-electron chi connectivity index (χ2n) is 5.75. The molecular weight excluding hydrogens is 254 g/mol. The molecule has 3 rings (SSSR count). The van der Waals surface area contributed by atoms with Gasteiger partial charge in [0.25, 0.3) is 0 Å². The summed E-state index contributed by atoms with van der Waals surface area (Å²) in [6.45, 7) is 5.78. The Morgan fingerprint density at radius 3 is 2.89 bits per heavy atom. The number of rotatable bonds is 4. The summed E-state index contributed by atoms with van der Waals surface area (Å²) in [7, 11) is 0. The van der Waals surface area contributed by atoms with Crippen molar-refractivity contribution < 1.29 is 0 Å². The third-order valence-corrected chi connectivity index (χ3v) is 5.48. The molecule has 1 N–H and O–H groups in total. The second kappa shape index (κ2) is 6.23.